The summed E-state index contributed by atoms with van der Waals surface area (Å²) < 4.78 is 14.0. The summed E-state index contributed by atoms with van der Waals surface area (Å²) >= 11 is 0. The molecule has 4 rings (SSSR count). The van der Waals surface area contributed by atoms with Crippen LogP contribution >= 0.6 is 0 Å². The van der Waals surface area contributed by atoms with E-state index in [4.69, 9.17) is 10.1 Å². The number of aliphatic hydroxyl groups is 1. The Morgan fingerprint density at radius 2 is 1.74 bits per heavy atom. The summed E-state index contributed by atoms with van der Waals surface area (Å²) in [4.78, 5) is 21.6. The third kappa shape index (κ3) is 4.74. The topological polar surface area (TPSA) is 76.9 Å². The van der Waals surface area contributed by atoms with E-state index in [-0.39, 0.29) is 12.2 Å². The molecule has 0 amide bonds. The molecule has 0 radical (unpaired) electrons. The maximum atomic E-state index is 14.0. The van der Waals surface area contributed by atoms with Crippen molar-refractivity contribution in [2.45, 2.75) is 13.0 Å². The number of carboxylic acid groups (broad SMARTS) is 1. The molecule has 6 nitrogen and oxygen atoms in total. The van der Waals surface area contributed by atoms with Gasteiger partial charge in [0.15, 0.2) is 0 Å². The van der Waals surface area contributed by atoms with E-state index in [0.29, 0.717) is 28.7 Å². The minimum Gasteiger partial charge on any atom is -0.478 e. The van der Waals surface area contributed by atoms with E-state index in [9.17, 15) is 14.3 Å². The number of aromatic nitrogens is 1. The molecule has 1 aliphatic heterocycles. The van der Waals surface area contributed by atoms with E-state index < -0.39 is 11.8 Å². The lowest BCUT2D eigenvalue weighted by molar-refractivity contribution is 0.0695. The van der Waals surface area contributed by atoms with Crippen LogP contribution in [0.3, 0.4) is 0 Å². The quantitative estimate of drug-likeness (QED) is 0.608. The molecule has 7 heteroatoms. The van der Waals surface area contributed by atoms with Gasteiger partial charge in [0, 0.05) is 62.4 Å². The second-order valence-corrected chi connectivity index (χ2v) is 7.84. The number of carboxylic acids is 1. The number of halogens is 1. The standard InChI is InChI=1S/C24H26FN3O3/c25-18-7-8-21-19(15-18)22(24(30)31)20(23(26-21)17-5-2-1-3-6-17)16-28-12-10-27(11-13-28)9-4-14-29/h1-3,5-8,15,29H,4,9-14,16H2,(H,30,31). The molecule has 31 heavy (non-hydrogen) atoms. The zero-order valence-electron chi connectivity index (χ0n) is 17.3. The highest BCUT2D eigenvalue weighted by atomic mass is 19.1. The highest BCUT2D eigenvalue weighted by molar-refractivity contribution is 6.05. The number of rotatable bonds is 7. The lowest BCUT2D eigenvalue weighted by atomic mass is 9.96. The first kappa shape index (κ1) is 21.4. The Labute approximate surface area is 180 Å². The van der Waals surface area contributed by atoms with E-state index >= 15 is 0 Å². The molecule has 0 atom stereocenters. The van der Waals surface area contributed by atoms with Crippen LogP contribution in [0.1, 0.15) is 22.3 Å². The third-order valence-electron chi connectivity index (χ3n) is 5.79. The number of aliphatic hydroxyl groups excluding tert-OH is 1. The lowest BCUT2D eigenvalue weighted by Gasteiger charge is -2.35. The van der Waals surface area contributed by atoms with E-state index in [2.05, 4.69) is 9.80 Å². The summed E-state index contributed by atoms with van der Waals surface area (Å²) in [7, 11) is 0. The number of carbonyl (C=O) groups is 1. The molecule has 3 aromatic rings. The Morgan fingerprint density at radius 1 is 1.03 bits per heavy atom. The van der Waals surface area contributed by atoms with Crippen LogP contribution in [0.4, 0.5) is 4.39 Å². The summed E-state index contributed by atoms with van der Waals surface area (Å²) in [5.41, 5.74) is 2.66. The predicted molar refractivity (Wildman–Crippen MR) is 118 cm³/mol. The highest BCUT2D eigenvalue weighted by Crippen LogP contribution is 2.32. The van der Waals surface area contributed by atoms with E-state index in [0.717, 1.165) is 44.7 Å². The van der Waals surface area contributed by atoms with Crippen molar-refractivity contribution in [3.8, 4) is 11.3 Å². The highest BCUT2D eigenvalue weighted by Gasteiger charge is 2.25. The van der Waals surface area contributed by atoms with Gasteiger partial charge in [0.2, 0.25) is 0 Å². The van der Waals surface area contributed by atoms with Crippen LogP contribution in [0.2, 0.25) is 0 Å². The number of fused-ring (bicyclic) bond motifs is 1. The van der Waals surface area contributed by atoms with Crippen molar-refractivity contribution in [3.63, 3.8) is 0 Å². The summed E-state index contributed by atoms with van der Waals surface area (Å²) in [5, 5.41) is 19.5. The molecular formula is C24H26FN3O3. The monoisotopic (exact) mass is 423 g/mol. The number of piperazine rings is 1. The molecule has 2 N–H and O–H groups in total. The van der Waals surface area contributed by atoms with Gasteiger partial charge in [0.05, 0.1) is 16.8 Å². The van der Waals surface area contributed by atoms with Crippen molar-refractivity contribution in [1.29, 1.82) is 0 Å². The maximum Gasteiger partial charge on any atom is 0.336 e. The fraction of sp³-hybridized carbons (Fsp3) is 0.333. The SMILES string of the molecule is O=C(O)c1c(CN2CCN(CCCO)CC2)c(-c2ccccc2)nc2ccc(F)cc12. The zero-order chi connectivity index (χ0) is 21.8. The smallest absolute Gasteiger partial charge is 0.336 e. The second kappa shape index (κ2) is 9.51. The van der Waals surface area contributed by atoms with Gasteiger partial charge in [-0.3, -0.25) is 4.90 Å². The summed E-state index contributed by atoms with van der Waals surface area (Å²) in [6, 6.07) is 13.6. The van der Waals surface area contributed by atoms with Crippen LogP contribution in [0.15, 0.2) is 48.5 Å². The molecule has 0 unspecified atom stereocenters. The molecule has 1 fully saturated rings. The number of hydrogen-bond acceptors (Lipinski definition) is 5. The molecular weight excluding hydrogens is 397 g/mol. The molecule has 1 aromatic heterocycles. The van der Waals surface area contributed by atoms with Gasteiger partial charge in [-0.1, -0.05) is 30.3 Å². The van der Waals surface area contributed by atoms with Crippen LogP contribution in [0, 0.1) is 5.82 Å². The minimum atomic E-state index is -1.08. The van der Waals surface area contributed by atoms with E-state index in [1.165, 1.54) is 18.2 Å². The number of benzene rings is 2. The molecule has 0 spiro atoms. The van der Waals surface area contributed by atoms with Crippen molar-refractivity contribution >= 4 is 16.9 Å². The molecule has 2 heterocycles. The van der Waals surface area contributed by atoms with Crippen LogP contribution in [-0.2, 0) is 6.54 Å². The van der Waals surface area contributed by atoms with Gasteiger partial charge in [-0.15, -0.1) is 0 Å². The van der Waals surface area contributed by atoms with Crippen LogP contribution in [0.5, 0.6) is 0 Å². The first-order chi connectivity index (χ1) is 15.1. The molecule has 1 aliphatic rings. The van der Waals surface area contributed by atoms with Gasteiger partial charge in [-0.25, -0.2) is 14.2 Å². The predicted octanol–water partition coefficient (Wildman–Crippen LogP) is 3.24. The van der Waals surface area contributed by atoms with Gasteiger partial charge >= 0.3 is 5.97 Å². The van der Waals surface area contributed by atoms with Gasteiger partial charge in [-0.05, 0) is 24.6 Å². The van der Waals surface area contributed by atoms with Crippen LogP contribution in [-0.4, -0.2) is 70.3 Å². The molecule has 0 bridgehead atoms. The Kier molecular flexibility index (Phi) is 6.56. The Bertz CT molecular complexity index is 1070. The number of hydrogen-bond donors (Lipinski definition) is 2. The molecule has 0 saturated carbocycles. The minimum absolute atomic E-state index is 0.117. The normalized spacial score (nSPS) is 15.4. The van der Waals surface area contributed by atoms with Crippen molar-refractivity contribution in [3.05, 3.63) is 65.5 Å². The van der Waals surface area contributed by atoms with Gasteiger partial charge in [0.25, 0.3) is 0 Å². The van der Waals surface area contributed by atoms with E-state index in [1.807, 2.05) is 30.3 Å². The average Bonchev–Trinajstić information content (AvgIpc) is 2.78. The Hall–Kier alpha value is -2.87. The number of pyridine rings is 1. The number of aromatic carboxylic acids is 1. The molecule has 162 valence electrons. The van der Waals surface area contributed by atoms with Gasteiger partial charge in [0.1, 0.15) is 5.82 Å². The largest absolute Gasteiger partial charge is 0.478 e. The van der Waals surface area contributed by atoms with Crippen LogP contribution in [0.25, 0.3) is 22.2 Å². The van der Waals surface area contributed by atoms with Crippen LogP contribution < -0.4 is 0 Å². The second-order valence-electron chi connectivity index (χ2n) is 7.84. The van der Waals surface area contributed by atoms with E-state index in [1.54, 1.807) is 0 Å². The first-order valence-electron chi connectivity index (χ1n) is 10.5. The molecule has 2 aromatic carbocycles. The number of nitrogens with zero attached hydrogens (tertiary/aromatic N) is 3. The van der Waals surface area contributed by atoms with Gasteiger partial charge < -0.3 is 15.1 Å². The fourth-order valence-corrected chi connectivity index (χ4v) is 4.20. The van der Waals surface area contributed by atoms with Gasteiger partial charge in [-0.2, -0.15) is 0 Å². The maximum absolute atomic E-state index is 14.0. The Balaban J connectivity index is 1.75. The van der Waals surface area contributed by atoms with Crippen molar-refractivity contribution in [1.82, 2.24) is 14.8 Å². The van der Waals surface area contributed by atoms with Crippen molar-refractivity contribution in [2.75, 3.05) is 39.3 Å². The average molecular weight is 423 g/mol. The van der Waals surface area contributed by atoms with Crippen molar-refractivity contribution < 1.29 is 19.4 Å². The molecule has 0 aliphatic carbocycles. The molecule has 1 saturated heterocycles. The Morgan fingerprint density at radius 3 is 2.42 bits per heavy atom. The third-order valence-corrected chi connectivity index (χ3v) is 5.79. The fourth-order valence-electron chi connectivity index (χ4n) is 4.20. The lowest BCUT2D eigenvalue weighted by Crippen LogP contribution is -2.46. The summed E-state index contributed by atoms with van der Waals surface area (Å²) in [6.45, 7) is 4.77. The summed E-state index contributed by atoms with van der Waals surface area (Å²) in [5.74, 6) is -1.56. The zero-order valence-corrected chi connectivity index (χ0v) is 17.3. The summed E-state index contributed by atoms with van der Waals surface area (Å²) in [6.07, 6.45) is 0.751. The first-order valence-corrected chi connectivity index (χ1v) is 10.5. The van der Waals surface area contributed by atoms with Crippen molar-refractivity contribution in [2.24, 2.45) is 0 Å².